The molecule has 1 aromatic carbocycles. The summed E-state index contributed by atoms with van der Waals surface area (Å²) in [6.07, 6.45) is 0.515. The molecule has 0 aliphatic rings. The molecule has 4 heteroatoms. The molecular weight excluding hydrogens is 256 g/mol. The standard InChI is InChI=1S/C15H24N2OS/c1-11-5-6-13(9-12(11)2)19-8-7-14(18)17-15(3,4)10-16/h5-6,9H,7-8,10,16H2,1-4H3,(H,17,18). The number of hydrogen-bond acceptors (Lipinski definition) is 3. The van der Waals surface area contributed by atoms with Crippen LogP contribution in [-0.4, -0.2) is 23.7 Å². The van der Waals surface area contributed by atoms with Gasteiger partial charge in [0.2, 0.25) is 5.91 Å². The van der Waals surface area contributed by atoms with Crippen molar-refractivity contribution in [2.24, 2.45) is 5.73 Å². The third-order valence-corrected chi connectivity index (χ3v) is 4.06. The van der Waals surface area contributed by atoms with Crippen molar-refractivity contribution >= 4 is 17.7 Å². The first kappa shape index (κ1) is 16.1. The van der Waals surface area contributed by atoms with Crippen LogP contribution >= 0.6 is 11.8 Å². The fourth-order valence-corrected chi connectivity index (χ4v) is 2.50. The molecule has 0 aliphatic heterocycles. The number of nitrogens with two attached hydrogens (primary N) is 1. The van der Waals surface area contributed by atoms with Crippen LogP contribution in [0.2, 0.25) is 0 Å². The summed E-state index contributed by atoms with van der Waals surface area (Å²) in [4.78, 5) is 13.0. The van der Waals surface area contributed by atoms with Crippen LogP contribution in [0.3, 0.4) is 0 Å². The average Bonchev–Trinajstić information content (AvgIpc) is 2.33. The molecule has 0 radical (unpaired) electrons. The van der Waals surface area contributed by atoms with Crippen LogP contribution in [0.25, 0.3) is 0 Å². The Hall–Kier alpha value is -1.00. The average molecular weight is 280 g/mol. The SMILES string of the molecule is Cc1ccc(SCCC(=O)NC(C)(C)CN)cc1C. The highest BCUT2D eigenvalue weighted by Gasteiger charge is 2.17. The zero-order chi connectivity index (χ0) is 14.5. The Morgan fingerprint density at radius 2 is 2.00 bits per heavy atom. The van der Waals surface area contributed by atoms with Crippen LogP contribution in [0, 0.1) is 13.8 Å². The molecule has 0 atom stereocenters. The maximum atomic E-state index is 11.7. The van der Waals surface area contributed by atoms with Gasteiger partial charge in [-0.25, -0.2) is 0 Å². The lowest BCUT2D eigenvalue weighted by molar-refractivity contribution is -0.122. The molecule has 19 heavy (non-hydrogen) atoms. The van der Waals surface area contributed by atoms with Gasteiger partial charge >= 0.3 is 0 Å². The largest absolute Gasteiger partial charge is 0.350 e. The van der Waals surface area contributed by atoms with E-state index in [1.54, 1.807) is 11.8 Å². The fraction of sp³-hybridized carbons (Fsp3) is 0.533. The minimum absolute atomic E-state index is 0.0618. The van der Waals surface area contributed by atoms with Gasteiger partial charge in [0.05, 0.1) is 0 Å². The van der Waals surface area contributed by atoms with Gasteiger partial charge in [0, 0.05) is 29.2 Å². The third kappa shape index (κ3) is 5.66. The van der Waals surface area contributed by atoms with Gasteiger partial charge in [0.15, 0.2) is 0 Å². The Kier molecular flexibility index (Phi) is 5.88. The van der Waals surface area contributed by atoms with Crippen LogP contribution in [0.4, 0.5) is 0 Å². The van der Waals surface area contributed by atoms with Crippen molar-refractivity contribution in [3.05, 3.63) is 29.3 Å². The van der Waals surface area contributed by atoms with Gasteiger partial charge < -0.3 is 11.1 Å². The van der Waals surface area contributed by atoms with E-state index in [1.807, 2.05) is 13.8 Å². The second kappa shape index (κ2) is 6.96. The van der Waals surface area contributed by atoms with E-state index in [-0.39, 0.29) is 11.4 Å². The van der Waals surface area contributed by atoms with Crippen LogP contribution in [0.15, 0.2) is 23.1 Å². The number of carbonyl (C=O) groups is 1. The molecule has 0 aliphatic carbocycles. The minimum Gasteiger partial charge on any atom is -0.350 e. The minimum atomic E-state index is -0.317. The van der Waals surface area contributed by atoms with Gasteiger partial charge in [-0.2, -0.15) is 0 Å². The molecule has 3 nitrogen and oxygen atoms in total. The first-order chi connectivity index (χ1) is 8.84. The summed E-state index contributed by atoms with van der Waals surface area (Å²) in [6.45, 7) is 8.52. The van der Waals surface area contributed by atoms with Crippen molar-refractivity contribution in [2.75, 3.05) is 12.3 Å². The number of rotatable bonds is 6. The van der Waals surface area contributed by atoms with Crippen molar-refractivity contribution < 1.29 is 4.79 Å². The molecule has 0 heterocycles. The molecule has 0 fully saturated rings. The summed E-state index contributed by atoms with van der Waals surface area (Å²) in [5.74, 6) is 0.849. The lowest BCUT2D eigenvalue weighted by atomic mass is 10.1. The fourth-order valence-electron chi connectivity index (χ4n) is 1.56. The summed E-state index contributed by atoms with van der Waals surface area (Å²) in [6, 6.07) is 6.39. The Bertz CT molecular complexity index is 444. The van der Waals surface area contributed by atoms with Gasteiger partial charge in [0.25, 0.3) is 0 Å². The third-order valence-electron chi connectivity index (χ3n) is 3.06. The second-order valence-corrected chi connectivity index (χ2v) is 6.65. The number of benzene rings is 1. The summed E-state index contributed by atoms with van der Waals surface area (Å²) in [5, 5.41) is 2.94. The van der Waals surface area contributed by atoms with E-state index in [9.17, 15) is 4.79 Å². The van der Waals surface area contributed by atoms with Crippen molar-refractivity contribution in [2.45, 2.75) is 44.6 Å². The van der Waals surface area contributed by atoms with Crippen LogP contribution < -0.4 is 11.1 Å². The predicted molar refractivity (Wildman–Crippen MR) is 82.5 cm³/mol. The monoisotopic (exact) mass is 280 g/mol. The quantitative estimate of drug-likeness (QED) is 0.788. The lowest BCUT2D eigenvalue weighted by Gasteiger charge is -2.24. The maximum Gasteiger partial charge on any atom is 0.221 e. The van der Waals surface area contributed by atoms with Crippen molar-refractivity contribution in [1.82, 2.24) is 5.32 Å². The first-order valence-electron chi connectivity index (χ1n) is 6.55. The Labute approximate surface area is 120 Å². The van der Waals surface area contributed by atoms with Gasteiger partial charge in [0.1, 0.15) is 0 Å². The van der Waals surface area contributed by atoms with Crippen LogP contribution in [-0.2, 0) is 4.79 Å². The van der Waals surface area contributed by atoms with E-state index in [0.29, 0.717) is 13.0 Å². The molecule has 1 amide bonds. The van der Waals surface area contributed by atoms with E-state index in [1.165, 1.54) is 16.0 Å². The molecule has 3 N–H and O–H groups in total. The number of thioether (sulfide) groups is 1. The number of hydrogen-bond donors (Lipinski definition) is 2. The van der Waals surface area contributed by atoms with E-state index in [2.05, 4.69) is 37.4 Å². The van der Waals surface area contributed by atoms with Gasteiger partial charge in [-0.1, -0.05) is 6.07 Å². The molecule has 106 valence electrons. The van der Waals surface area contributed by atoms with Gasteiger partial charge in [-0.05, 0) is 51.0 Å². The summed E-state index contributed by atoms with van der Waals surface area (Å²) >= 11 is 1.71. The Morgan fingerprint density at radius 3 is 2.58 bits per heavy atom. The zero-order valence-corrected chi connectivity index (χ0v) is 13.1. The maximum absolute atomic E-state index is 11.7. The molecule has 0 spiro atoms. The summed E-state index contributed by atoms with van der Waals surface area (Å²) in [7, 11) is 0. The van der Waals surface area contributed by atoms with Gasteiger partial charge in [-0.15, -0.1) is 11.8 Å². The van der Waals surface area contributed by atoms with E-state index in [4.69, 9.17) is 5.73 Å². The normalized spacial score (nSPS) is 11.4. The highest BCUT2D eigenvalue weighted by Crippen LogP contribution is 2.21. The summed E-state index contributed by atoms with van der Waals surface area (Å²) < 4.78 is 0. The van der Waals surface area contributed by atoms with Crippen LogP contribution in [0.1, 0.15) is 31.4 Å². The number of nitrogens with one attached hydrogen (secondary N) is 1. The highest BCUT2D eigenvalue weighted by molar-refractivity contribution is 7.99. The summed E-state index contributed by atoms with van der Waals surface area (Å²) in [5.41, 5.74) is 7.86. The molecule has 0 unspecified atom stereocenters. The topological polar surface area (TPSA) is 55.1 Å². The molecule has 1 aromatic rings. The van der Waals surface area contributed by atoms with Gasteiger partial charge in [-0.3, -0.25) is 4.79 Å². The van der Waals surface area contributed by atoms with Crippen LogP contribution in [0.5, 0.6) is 0 Å². The molecule has 0 aromatic heterocycles. The number of carbonyl (C=O) groups excluding carboxylic acids is 1. The molecular formula is C15H24N2OS. The highest BCUT2D eigenvalue weighted by atomic mass is 32.2. The second-order valence-electron chi connectivity index (χ2n) is 5.48. The Balaban J connectivity index is 2.38. The number of aryl methyl sites for hydroxylation is 2. The lowest BCUT2D eigenvalue weighted by Crippen LogP contribution is -2.48. The molecule has 0 bridgehead atoms. The zero-order valence-electron chi connectivity index (χ0n) is 12.2. The molecule has 1 rings (SSSR count). The van der Waals surface area contributed by atoms with Crippen molar-refractivity contribution in [3.63, 3.8) is 0 Å². The van der Waals surface area contributed by atoms with E-state index >= 15 is 0 Å². The van der Waals surface area contributed by atoms with E-state index < -0.39 is 0 Å². The number of amides is 1. The first-order valence-corrected chi connectivity index (χ1v) is 7.54. The Morgan fingerprint density at radius 1 is 1.32 bits per heavy atom. The van der Waals surface area contributed by atoms with E-state index in [0.717, 1.165) is 5.75 Å². The van der Waals surface area contributed by atoms with Crippen molar-refractivity contribution in [3.8, 4) is 0 Å². The van der Waals surface area contributed by atoms with Crippen molar-refractivity contribution in [1.29, 1.82) is 0 Å². The molecule has 0 saturated heterocycles. The molecule has 0 saturated carbocycles. The smallest absolute Gasteiger partial charge is 0.221 e. The predicted octanol–water partition coefficient (Wildman–Crippen LogP) is 2.64.